The molecule has 1 fully saturated rings. The number of ether oxygens (including phenoxy) is 1. The van der Waals surface area contributed by atoms with E-state index in [0.29, 0.717) is 36.7 Å². The van der Waals surface area contributed by atoms with Gasteiger partial charge in [0.25, 0.3) is 0 Å². The van der Waals surface area contributed by atoms with E-state index in [1.807, 2.05) is 4.90 Å². The molecule has 2 N–H and O–H groups in total. The number of likely N-dealkylation sites (N-methyl/N-ethyl adjacent to an activating group) is 1. The first-order valence-electron chi connectivity index (χ1n) is 6.13. The maximum Gasteiger partial charge on any atom is 0.244 e. The first-order chi connectivity index (χ1) is 9.70. The van der Waals surface area contributed by atoms with E-state index in [4.69, 9.17) is 16.3 Å². The van der Waals surface area contributed by atoms with Crippen LogP contribution in [0.1, 0.15) is 0 Å². The molecule has 1 aliphatic heterocycles. The highest BCUT2D eigenvalue weighted by Crippen LogP contribution is 2.25. The Morgan fingerprint density at radius 3 is 3.25 bits per heavy atom. The van der Waals surface area contributed by atoms with E-state index in [9.17, 15) is 4.79 Å². The summed E-state index contributed by atoms with van der Waals surface area (Å²) in [6, 6.07) is -0.453. The number of hydrogen-bond acceptors (Lipinski definition) is 6. The van der Waals surface area contributed by atoms with Crippen molar-refractivity contribution >= 4 is 34.5 Å². The Bertz CT molecular complexity index is 645. The quantitative estimate of drug-likeness (QED) is 0.755. The van der Waals surface area contributed by atoms with E-state index in [-0.39, 0.29) is 11.2 Å². The van der Waals surface area contributed by atoms with Gasteiger partial charge in [-0.3, -0.25) is 4.79 Å². The van der Waals surface area contributed by atoms with Gasteiger partial charge in [-0.05, 0) is 11.6 Å². The van der Waals surface area contributed by atoms with Crippen molar-refractivity contribution < 1.29 is 9.53 Å². The number of halogens is 1. The molecule has 0 radical (unpaired) electrons. The van der Waals surface area contributed by atoms with Crippen molar-refractivity contribution in [1.29, 1.82) is 0 Å². The third kappa shape index (κ3) is 2.16. The zero-order valence-corrected chi connectivity index (χ0v) is 11.5. The van der Waals surface area contributed by atoms with Crippen LogP contribution in [0.5, 0.6) is 0 Å². The zero-order chi connectivity index (χ0) is 14.1. The van der Waals surface area contributed by atoms with Gasteiger partial charge < -0.3 is 19.9 Å². The summed E-state index contributed by atoms with van der Waals surface area (Å²) in [5.41, 5.74) is 1.13. The lowest BCUT2D eigenvalue weighted by molar-refractivity contribution is -0.124. The van der Waals surface area contributed by atoms with Crippen molar-refractivity contribution in [3.8, 4) is 0 Å². The van der Waals surface area contributed by atoms with Gasteiger partial charge in [-0.1, -0.05) is 0 Å². The Morgan fingerprint density at radius 1 is 1.60 bits per heavy atom. The second-order valence-electron chi connectivity index (χ2n) is 4.32. The maximum absolute atomic E-state index is 12.0. The predicted molar refractivity (Wildman–Crippen MR) is 72.7 cm³/mol. The minimum Gasteiger partial charge on any atom is -0.377 e. The van der Waals surface area contributed by atoms with Crippen LogP contribution in [0.2, 0.25) is 5.28 Å². The van der Waals surface area contributed by atoms with Crippen molar-refractivity contribution in [2.24, 2.45) is 0 Å². The van der Waals surface area contributed by atoms with Crippen LogP contribution in [0.15, 0.2) is 6.33 Å². The standard InChI is InChI=1S/C11H13ClN6O2/c1-13-10(19)6-4-20-3-2-18(6)9-7-8(15-5-14-7)16-11(12)17-9/h5-6H,2-4H2,1H3,(H,13,19)(H,14,15,16,17). The van der Waals surface area contributed by atoms with Crippen LogP contribution >= 0.6 is 11.6 Å². The van der Waals surface area contributed by atoms with Gasteiger partial charge in [0, 0.05) is 13.6 Å². The molecule has 106 valence electrons. The van der Waals surface area contributed by atoms with Crippen molar-refractivity contribution in [2.45, 2.75) is 6.04 Å². The number of aromatic nitrogens is 4. The lowest BCUT2D eigenvalue weighted by Gasteiger charge is -2.35. The third-order valence-corrected chi connectivity index (χ3v) is 3.36. The molecule has 0 aliphatic carbocycles. The highest BCUT2D eigenvalue weighted by molar-refractivity contribution is 6.28. The average Bonchev–Trinajstić information content (AvgIpc) is 2.93. The van der Waals surface area contributed by atoms with E-state index in [1.165, 1.54) is 6.33 Å². The minimum atomic E-state index is -0.453. The number of carbonyl (C=O) groups is 1. The molecule has 1 aliphatic rings. The van der Waals surface area contributed by atoms with Crippen molar-refractivity contribution in [3.63, 3.8) is 0 Å². The van der Waals surface area contributed by atoms with Crippen molar-refractivity contribution in [2.75, 3.05) is 31.7 Å². The molecule has 3 heterocycles. The predicted octanol–water partition coefficient (Wildman–Crippen LogP) is -0.0425. The molecule has 0 bridgehead atoms. The number of amides is 1. The summed E-state index contributed by atoms with van der Waals surface area (Å²) in [6.07, 6.45) is 1.52. The first kappa shape index (κ1) is 13.1. The second-order valence-corrected chi connectivity index (χ2v) is 4.65. The number of hydrogen-bond donors (Lipinski definition) is 2. The summed E-state index contributed by atoms with van der Waals surface area (Å²) >= 11 is 5.93. The Morgan fingerprint density at radius 2 is 2.45 bits per heavy atom. The second kappa shape index (κ2) is 5.22. The number of H-pyrrole nitrogens is 1. The SMILES string of the molecule is CNC(=O)C1COCCN1c1nc(Cl)nc2nc[nH]c12. The van der Waals surface area contributed by atoms with Gasteiger partial charge in [-0.15, -0.1) is 0 Å². The summed E-state index contributed by atoms with van der Waals surface area (Å²) < 4.78 is 5.38. The van der Waals surface area contributed by atoms with Gasteiger partial charge in [0.15, 0.2) is 11.5 Å². The topological polar surface area (TPSA) is 96.0 Å². The number of aromatic amines is 1. The normalized spacial score (nSPS) is 19.3. The van der Waals surface area contributed by atoms with Crippen molar-refractivity contribution in [1.82, 2.24) is 25.3 Å². The van der Waals surface area contributed by atoms with Crippen LogP contribution < -0.4 is 10.2 Å². The fourth-order valence-corrected chi connectivity index (χ4v) is 2.40. The molecule has 1 unspecified atom stereocenters. The number of nitrogens with one attached hydrogen (secondary N) is 2. The number of imidazole rings is 1. The molecule has 0 saturated carbocycles. The van der Waals surface area contributed by atoms with Crippen LogP contribution in [0.25, 0.3) is 11.2 Å². The summed E-state index contributed by atoms with van der Waals surface area (Å²) in [7, 11) is 1.59. The number of morpholine rings is 1. The molecule has 1 saturated heterocycles. The highest BCUT2D eigenvalue weighted by Gasteiger charge is 2.31. The maximum atomic E-state index is 12.0. The van der Waals surface area contributed by atoms with E-state index in [0.717, 1.165) is 0 Å². The number of rotatable bonds is 2. The van der Waals surface area contributed by atoms with Crippen LogP contribution in [-0.2, 0) is 9.53 Å². The van der Waals surface area contributed by atoms with E-state index < -0.39 is 6.04 Å². The lowest BCUT2D eigenvalue weighted by Crippen LogP contribution is -2.53. The Labute approximate surface area is 119 Å². The first-order valence-corrected chi connectivity index (χ1v) is 6.51. The summed E-state index contributed by atoms with van der Waals surface area (Å²) in [4.78, 5) is 29.2. The monoisotopic (exact) mass is 296 g/mol. The number of carbonyl (C=O) groups excluding carboxylic acids is 1. The summed E-state index contributed by atoms with van der Waals surface area (Å²) in [5.74, 6) is 0.432. The van der Waals surface area contributed by atoms with Gasteiger partial charge in [0.1, 0.15) is 11.6 Å². The molecule has 1 atom stereocenters. The van der Waals surface area contributed by atoms with E-state index in [2.05, 4.69) is 25.3 Å². The number of anilines is 1. The van der Waals surface area contributed by atoms with Crippen LogP contribution in [-0.4, -0.2) is 58.7 Å². The van der Waals surface area contributed by atoms with Crippen LogP contribution in [0, 0.1) is 0 Å². The Balaban J connectivity index is 2.07. The average molecular weight is 297 g/mol. The van der Waals surface area contributed by atoms with E-state index in [1.54, 1.807) is 7.05 Å². The molecule has 1 amide bonds. The summed E-state index contributed by atoms with van der Waals surface area (Å²) in [5, 5.41) is 2.73. The van der Waals surface area contributed by atoms with Gasteiger partial charge in [-0.2, -0.15) is 9.97 Å². The molecule has 0 aromatic carbocycles. The molecule has 9 heteroatoms. The Kier molecular flexibility index (Phi) is 3.41. The fourth-order valence-electron chi connectivity index (χ4n) is 2.24. The lowest BCUT2D eigenvalue weighted by atomic mass is 10.2. The zero-order valence-electron chi connectivity index (χ0n) is 10.8. The van der Waals surface area contributed by atoms with Crippen LogP contribution in [0.4, 0.5) is 5.82 Å². The summed E-state index contributed by atoms with van der Waals surface area (Å²) in [6.45, 7) is 1.36. The molecular formula is C11H13ClN6O2. The number of nitrogens with zero attached hydrogens (tertiary/aromatic N) is 4. The Hall–Kier alpha value is -1.93. The molecule has 2 aromatic heterocycles. The largest absolute Gasteiger partial charge is 0.377 e. The third-order valence-electron chi connectivity index (χ3n) is 3.19. The molecule has 0 spiro atoms. The van der Waals surface area contributed by atoms with Gasteiger partial charge in [0.2, 0.25) is 11.2 Å². The smallest absolute Gasteiger partial charge is 0.244 e. The highest BCUT2D eigenvalue weighted by atomic mass is 35.5. The van der Waals surface area contributed by atoms with Gasteiger partial charge in [0.05, 0.1) is 19.5 Å². The van der Waals surface area contributed by atoms with Crippen LogP contribution in [0.3, 0.4) is 0 Å². The van der Waals surface area contributed by atoms with Gasteiger partial charge in [-0.25, -0.2) is 4.98 Å². The molecule has 3 rings (SSSR count). The van der Waals surface area contributed by atoms with E-state index >= 15 is 0 Å². The molecule has 20 heavy (non-hydrogen) atoms. The minimum absolute atomic E-state index is 0.0988. The number of fused-ring (bicyclic) bond motifs is 1. The fraction of sp³-hybridized carbons (Fsp3) is 0.455. The molecular weight excluding hydrogens is 284 g/mol. The molecule has 2 aromatic rings. The molecule has 8 nitrogen and oxygen atoms in total. The van der Waals surface area contributed by atoms with Gasteiger partial charge >= 0.3 is 0 Å². The van der Waals surface area contributed by atoms with Crippen molar-refractivity contribution in [3.05, 3.63) is 11.6 Å².